The molecular formula is C21H21FN2O4. The zero-order chi connectivity index (χ0) is 20.3. The number of anilines is 1. The Morgan fingerprint density at radius 3 is 2.54 bits per heavy atom. The summed E-state index contributed by atoms with van der Waals surface area (Å²) in [5.41, 5.74) is 2.61. The van der Waals surface area contributed by atoms with E-state index in [1.54, 1.807) is 37.3 Å². The van der Waals surface area contributed by atoms with Crippen molar-refractivity contribution in [2.45, 2.75) is 38.8 Å². The van der Waals surface area contributed by atoms with Gasteiger partial charge >= 0.3 is 5.97 Å². The molecule has 1 aliphatic heterocycles. The lowest BCUT2D eigenvalue weighted by molar-refractivity contribution is -0.129. The van der Waals surface area contributed by atoms with Crippen LogP contribution in [0.4, 0.5) is 10.1 Å². The van der Waals surface area contributed by atoms with Gasteiger partial charge in [-0.1, -0.05) is 12.1 Å². The Labute approximate surface area is 162 Å². The van der Waals surface area contributed by atoms with Crippen molar-refractivity contribution in [2.24, 2.45) is 0 Å². The summed E-state index contributed by atoms with van der Waals surface area (Å²) in [5.74, 6) is -1.47. The second-order valence-corrected chi connectivity index (χ2v) is 6.75. The molecule has 2 N–H and O–H groups in total. The van der Waals surface area contributed by atoms with Crippen molar-refractivity contribution in [1.29, 1.82) is 0 Å². The van der Waals surface area contributed by atoms with Crippen LogP contribution in [0.15, 0.2) is 42.5 Å². The number of hydrogen-bond donors (Lipinski definition) is 2. The third kappa shape index (κ3) is 4.54. The predicted octanol–water partition coefficient (Wildman–Crippen LogP) is 3.13. The molecule has 0 bridgehead atoms. The number of carbonyl (C=O) groups is 3. The quantitative estimate of drug-likeness (QED) is 0.776. The second-order valence-electron chi connectivity index (χ2n) is 6.75. The highest BCUT2D eigenvalue weighted by molar-refractivity contribution is 5.96. The molecule has 0 unspecified atom stereocenters. The minimum Gasteiger partial charge on any atom is -0.449 e. The summed E-state index contributed by atoms with van der Waals surface area (Å²) in [6, 6.07) is 10.3. The summed E-state index contributed by atoms with van der Waals surface area (Å²) in [7, 11) is 0. The maximum atomic E-state index is 13.0. The summed E-state index contributed by atoms with van der Waals surface area (Å²) in [5, 5.41) is 5.49. The number of hydrogen-bond acceptors (Lipinski definition) is 4. The zero-order valence-electron chi connectivity index (χ0n) is 15.6. The first-order valence-electron chi connectivity index (χ1n) is 9.03. The monoisotopic (exact) mass is 384 g/mol. The number of amides is 2. The second kappa shape index (κ2) is 8.21. The smallest absolute Gasteiger partial charge is 0.338 e. The molecule has 0 radical (unpaired) electrons. The molecule has 2 aromatic rings. The third-order valence-electron chi connectivity index (χ3n) is 4.62. The van der Waals surface area contributed by atoms with E-state index in [9.17, 15) is 18.8 Å². The van der Waals surface area contributed by atoms with Crippen LogP contribution in [-0.4, -0.2) is 23.9 Å². The molecule has 7 heteroatoms. The largest absolute Gasteiger partial charge is 0.449 e. The van der Waals surface area contributed by atoms with Gasteiger partial charge in [-0.25, -0.2) is 9.18 Å². The summed E-state index contributed by atoms with van der Waals surface area (Å²) in [6.07, 6.45) is -0.0786. The Hall–Kier alpha value is -3.22. The Kier molecular flexibility index (Phi) is 5.73. The van der Waals surface area contributed by atoms with E-state index in [4.69, 9.17) is 4.74 Å². The third-order valence-corrected chi connectivity index (χ3v) is 4.62. The number of nitrogens with one attached hydrogen (secondary N) is 2. The number of rotatable bonds is 5. The van der Waals surface area contributed by atoms with Gasteiger partial charge in [0.25, 0.3) is 5.91 Å². The van der Waals surface area contributed by atoms with E-state index in [-0.39, 0.29) is 17.8 Å². The van der Waals surface area contributed by atoms with Gasteiger partial charge in [-0.3, -0.25) is 9.59 Å². The molecule has 0 spiro atoms. The van der Waals surface area contributed by atoms with Crippen LogP contribution >= 0.6 is 0 Å². The molecule has 28 heavy (non-hydrogen) atoms. The van der Waals surface area contributed by atoms with Gasteiger partial charge < -0.3 is 15.4 Å². The SMILES string of the molecule is C[C@H](NC(=O)[C@@H](C)OC(=O)c1ccc2c(c1)CCC(=O)N2)c1ccc(F)cc1. The van der Waals surface area contributed by atoms with Gasteiger partial charge in [-0.05, 0) is 61.7 Å². The number of halogens is 1. The van der Waals surface area contributed by atoms with E-state index in [1.165, 1.54) is 19.1 Å². The molecule has 6 nitrogen and oxygen atoms in total. The Morgan fingerprint density at radius 2 is 1.82 bits per heavy atom. The molecule has 2 atom stereocenters. The summed E-state index contributed by atoms with van der Waals surface area (Å²) in [6.45, 7) is 3.25. The molecule has 0 aromatic heterocycles. The maximum Gasteiger partial charge on any atom is 0.338 e. The zero-order valence-corrected chi connectivity index (χ0v) is 15.6. The number of aryl methyl sites for hydroxylation is 1. The average Bonchev–Trinajstić information content (AvgIpc) is 2.67. The lowest BCUT2D eigenvalue weighted by Crippen LogP contribution is -2.37. The van der Waals surface area contributed by atoms with E-state index in [1.807, 2.05) is 0 Å². The van der Waals surface area contributed by atoms with E-state index in [0.29, 0.717) is 24.1 Å². The van der Waals surface area contributed by atoms with E-state index in [2.05, 4.69) is 10.6 Å². The van der Waals surface area contributed by atoms with Crippen LogP contribution in [0, 0.1) is 5.82 Å². The fraction of sp³-hybridized carbons (Fsp3) is 0.286. The Bertz CT molecular complexity index is 911. The number of esters is 1. The van der Waals surface area contributed by atoms with Gasteiger partial charge in [0.15, 0.2) is 6.10 Å². The van der Waals surface area contributed by atoms with E-state index >= 15 is 0 Å². The van der Waals surface area contributed by atoms with Crippen molar-refractivity contribution in [3.8, 4) is 0 Å². The Balaban J connectivity index is 1.59. The summed E-state index contributed by atoms with van der Waals surface area (Å²) >= 11 is 0. The van der Waals surface area contributed by atoms with Crippen molar-refractivity contribution in [2.75, 3.05) is 5.32 Å². The molecule has 0 saturated carbocycles. The van der Waals surface area contributed by atoms with Crippen LogP contribution in [0.3, 0.4) is 0 Å². The van der Waals surface area contributed by atoms with Gasteiger partial charge in [0, 0.05) is 12.1 Å². The van der Waals surface area contributed by atoms with Crippen molar-refractivity contribution < 1.29 is 23.5 Å². The van der Waals surface area contributed by atoms with Crippen LogP contribution < -0.4 is 10.6 Å². The van der Waals surface area contributed by atoms with Crippen LogP contribution in [0.25, 0.3) is 0 Å². The molecule has 146 valence electrons. The maximum absolute atomic E-state index is 13.0. The highest BCUT2D eigenvalue weighted by Crippen LogP contribution is 2.24. The summed E-state index contributed by atoms with van der Waals surface area (Å²) < 4.78 is 18.3. The van der Waals surface area contributed by atoms with Crippen molar-refractivity contribution in [3.05, 3.63) is 65.0 Å². The molecule has 0 fully saturated rings. The molecule has 1 heterocycles. The minimum absolute atomic E-state index is 0.0524. The fourth-order valence-electron chi connectivity index (χ4n) is 2.96. The van der Waals surface area contributed by atoms with Crippen LogP contribution in [-0.2, 0) is 20.7 Å². The van der Waals surface area contributed by atoms with E-state index < -0.39 is 18.0 Å². The molecule has 2 amide bonds. The number of carbonyl (C=O) groups excluding carboxylic acids is 3. The van der Waals surface area contributed by atoms with Gasteiger partial charge in [0.2, 0.25) is 5.91 Å². The lowest BCUT2D eigenvalue weighted by atomic mass is 10.0. The van der Waals surface area contributed by atoms with Gasteiger partial charge in [-0.2, -0.15) is 0 Å². The van der Waals surface area contributed by atoms with Crippen molar-refractivity contribution in [1.82, 2.24) is 5.32 Å². The first-order chi connectivity index (χ1) is 13.3. The molecule has 0 aliphatic carbocycles. The number of benzene rings is 2. The number of ether oxygens (including phenoxy) is 1. The van der Waals surface area contributed by atoms with E-state index in [0.717, 1.165) is 11.1 Å². The van der Waals surface area contributed by atoms with Crippen molar-refractivity contribution >= 4 is 23.5 Å². The minimum atomic E-state index is -0.994. The van der Waals surface area contributed by atoms with Gasteiger partial charge in [0.05, 0.1) is 11.6 Å². The predicted molar refractivity (Wildman–Crippen MR) is 101 cm³/mol. The van der Waals surface area contributed by atoms with Gasteiger partial charge in [0.1, 0.15) is 5.82 Å². The van der Waals surface area contributed by atoms with Crippen LogP contribution in [0.5, 0.6) is 0 Å². The topological polar surface area (TPSA) is 84.5 Å². The molecule has 2 aromatic carbocycles. The number of fused-ring (bicyclic) bond motifs is 1. The van der Waals surface area contributed by atoms with Crippen molar-refractivity contribution in [3.63, 3.8) is 0 Å². The fourth-order valence-corrected chi connectivity index (χ4v) is 2.96. The standard InChI is InChI=1S/C21H21FN2O4/c1-12(14-3-7-17(22)8-4-14)23-20(26)13(2)28-21(27)16-5-9-18-15(11-16)6-10-19(25)24-18/h3-5,7-9,11-13H,6,10H2,1-2H3,(H,23,26)(H,24,25)/t12-,13+/m0/s1. The highest BCUT2D eigenvalue weighted by Gasteiger charge is 2.22. The molecule has 3 rings (SSSR count). The molecular weight excluding hydrogens is 363 g/mol. The molecule has 1 aliphatic rings. The van der Waals surface area contributed by atoms with Crippen LogP contribution in [0.2, 0.25) is 0 Å². The average molecular weight is 384 g/mol. The highest BCUT2D eigenvalue weighted by atomic mass is 19.1. The normalized spacial score (nSPS) is 15.0. The summed E-state index contributed by atoms with van der Waals surface area (Å²) in [4.78, 5) is 36.1. The Morgan fingerprint density at radius 1 is 1.11 bits per heavy atom. The lowest BCUT2D eigenvalue weighted by Gasteiger charge is -2.19. The van der Waals surface area contributed by atoms with Gasteiger partial charge in [-0.15, -0.1) is 0 Å². The first-order valence-corrected chi connectivity index (χ1v) is 9.03. The first kappa shape index (κ1) is 19.5. The molecule has 0 saturated heterocycles. The van der Waals surface area contributed by atoms with Crippen LogP contribution in [0.1, 0.15) is 47.8 Å².